The van der Waals surface area contributed by atoms with Crippen LogP contribution >= 0.6 is 0 Å². The van der Waals surface area contributed by atoms with E-state index in [1.54, 1.807) is 0 Å². The van der Waals surface area contributed by atoms with Gasteiger partial charge in [-0.1, -0.05) is 20.8 Å². The number of ether oxygens (including phenoxy) is 2. The van der Waals surface area contributed by atoms with E-state index in [2.05, 4.69) is 4.99 Å². The third-order valence-electron chi connectivity index (χ3n) is 6.12. The molecule has 2 heterocycles. The Morgan fingerprint density at radius 1 is 1.14 bits per heavy atom. The molecule has 1 aromatic carbocycles. The average Bonchev–Trinajstić information content (AvgIpc) is 3.07. The number of carbonyl (C=O) groups excluding carboxylic acids is 1. The number of carbonyl (C=O) groups is 1. The minimum absolute atomic E-state index is 0.0677. The SMILES string of the molecule is Cn1c(C(C)(C)C)c/c(=N\C(=O)c2cc(C(F)(F)F)ccc2OCC(C)(C)O)n1CC1CCOCC1. The molecule has 0 aliphatic carbocycles. The van der Waals surface area contributed by atoms with Crippen LogP contribution in [0, 0.1) is 5.92 Å². The monoisotopic (exact) mass is 511 g/mol. The summed E-state index contributed by atoms with van der Waals surface area (Å²) < 4.78 is 55.2. The smallest absolute Gasteiger partial charge is 0.416 e. The highest BCUT2D eigenvalue weighted by molar-refractivity contribution is 5.97. The molecule has 36 heavy (non-hydrogen) atoms. The second kappa shape index (κ2) is 10.4. The Labute approximate surface area is 209 Å². The van der Waals surface area contributed by atoms with Gasteiger partial charge >= 0.3 is 6.18 Å². The maximum atomic E-state index is 13.4. The van der Waals surface area contributed by atoms with Gasteiger partial charge in [0.15, 0.2) is 5.49 Å². The largest absolute Gasteiger partial charge is 0.490 e. The Morgan fingerprint density at radius 3 is 2.33 bits per heavy atom. The molecule has 1 aromatic heterocycles. The number of nitrogens with zero attached hydrogens (tertiary/aromatic N) is 3. The summed E-state index contributed by atoms with van der Waals surface area (Å²) in [4.78, 5) is 17.6. The summed E-state index contributed by atoms with van der Waals surface area (Å²) in [5, 5.41) is 10.0. The van der Waals surface area contributed by atoms with Crippen LogP contribution in [0.5, 0.6) is 5.75 Å². The molecule has 2 aromatic rings. The van der Waals surface area contributed by atoms with Gasteiger partial charge in [0.1, 0.15) is 12.4 Å². The topological polar surface area (TPSA) is 78.0 Å². The van der Waals surface area contributed by atoms with Crippen LogP contribution in [0.2, 0.25) is 0 Å². The zero-order valence-electron chi connectivity index (χ0n) is 21.8. The molecule has 0 radical (unpaired) electrons. The molecule has 0 bridgehead atoms. The van der Waals surface area contributed by atoms with Gasteiger partial charge < -0.3 is 14.6 Å². The first-order valence-electron chi connectivity index (χ1n) is 12.1. The van der Waals surface area contributed by atoms with Crippen molar-refractivity contribution in [2.75, 3.05) is 19.8 Å². The van der Waals surface area contributed by atoms with Crippen molar-refractivity contribution in [2.45, 2.75) is 71.2 Å². The maximum Gasteiger partial charge on any atom is 0.416 e. The van der Waals surface area contributed by atoms with Gasteiger partial charge in [0.05, 0.1) is 16.7 Å². The summed E-state index contributed by atoms with van der Waals surface area (Å²) in [7, 11) is 1.89. The molecule has 10 heteroatoms. The molecule has 7 nitrogen and oxygen atoms in total. The van der Waals surface area contributed by atoms with Crippen molar-refractivity contribution in [2.24, 2.45) is 18.0 Å². The molecular formula is C26H36F3N3O4. The van der Waals surface area contributed by atoms with Crippen LogP contribution in [0.1, 0.15) is 69.1 Å². The van der Waals surface area contributed by atoms with Crippen LogP contribution in [0.25, 0.3) is 0 Å². The Balaban J connectivity index is 2.10. The van der Waals surface area contributed by atoms with Gasteiger partial charge in [-0.05, 0) is 50.8 Å². The number of hydrogen-bond acceptors (Lipinski definition) is 4. The predicted octanol–water partition coefficient (Wildman–Crippen LogP) is 4.46. The number of halogens is 3. The third kappa shape index (κ3) is 7.00. The van der Waals surface area contributed by atoms with E-state index in [4.69, 9.17) is 9.47 Å². The highest BCUT2D eigenvalue weighted by atomic mass is 19.4. The van der Waals surface area contributed by atoms with E-state index in [1.165, 1.54) is 13.8 Å². The van der Waals surface area contributed by atoms with E-state index in [9.17, 15) is 23.1 Å². The zero-order valence-corrected chi connectivity index (χ0v) is 21.8. The second-order valence-electron chi connectivity index (χ2n) is 11.0. The van der Waals surface area contributed by atoms with Crippen molar-refractivity contribution in [3.63, 3.8) is 0 Å². The molecule has 0 atom stereocenters. The van der Waals surface area contributed by atoms with Gasteiger partial charge in [0.25, 0.3) is 5.91 Å². The predicted molar refractivity (Wildman–Crippen MR) is 129 cm³/mol. The Bertz CT molecular complexity index is 1150. The molecule has 0 saturated carbocycles. The molecule has 200 valence electrons. The first-order valence-corrected chi connectivity index (χ1v) is 12.1. The van der Waals surface area contributed by atoms with Crippen molar-refractivity contribution >= 4 is 5.91 Å². The van der Waals surface area contributed by atoms with Crippen LogP contribution in [0.15, 0.2) is 29.3 Å². The molecule has 1 fully saturated rings. The third-order valence-corrected chi connectivity index (χ3v) is 6.12. The molecule has 1 saturated heterocycles. The standard InChI is InChI=1S/C26H36F3N3O4/c1-24(2,3)21-14-22(32(31(21)6)15-17-9-11-35-12-10-17)30-23(33)19-13-18(26(27,28)29)7-8-20(19)36-16-25(4,5)34/h7-8,13-14,17,34H,9-12,15-16H2,1-6H3/b30-22+. The van der Waals surface area contributed by atoms with Gasteiger partial charge in [-0.3, -0.25) is 14.2 Å². The number of rotatable bonds is 6. The summed E-state index contributed by atoms with van der Waals surface area (Å²) in [6.07, 6.45) is -2.89. The van der Waals surface area contributed by atoms with Crippen LogP contribution < -0.4 is 10.2 Å². The van der Waals surface area contributed by atoms with Crippen molar-refractivity contribution in [1.82, 2.24) is 9.36 Å². The minimum Gasteiger partial charge on any atom is -0.490 e. The lowest BCUT2D eigenvalue weighted by Crippen LogP contribution is -2.31. The summed E-state index contributed by atoms with van der Waals surface area (Å²) >= 11 is 0. The zero-order chi connectivity index (χ0) is 26.9. The molecule has 1 aliphatic rings. The molecule has 0 spiro atoms. The molecule has 1 amide bonds. The van der Waals surface area contributed by atoms with Gasteiger partial charge in [0.2, 0.25) is 0 Å². The fourth-order valence-electron chi connectivity index (χ4n) is 4.17. The van der Waals surface area contributed by atoms with Crippen molar-refractivity contribution in [3.8, 4) is 5.75 Å². The lowest BCUT2D eigenvalue weighted by molar-refractivity contribution is -0.137. The van der Waals surface area contributed by atoms with Crippen molar-refractivity contribution in [3.05, 3.63) is 46.6 Å². The highest BCUT2D eigenvalue weighted by Gasteiger charge is 2.32. The summed E-state index contributed by atoms with van der Waals surface area (Å²) in [6, 6.07) is 4.51. The Hall–Kier alpha value is -2.59. The van der Waals surface area contributed by atoms with Crippen molar-refractivity contribution in [1.29, 1.82) is 0 Å². The number of aliphatic hydroxyl groups is 1. The maximum absolute atomic E-state index is 13.4. The summed E-state index contributed by atoms with van der Waals surface area (Å²) in [5.74, 6) is -0.589. The molecule has 1 aliphatic heterocycles. The highest BCUT2D eigenvalue weighted by Crippen LogP contribution is 2.33. The molecule has 0 unspecified atom stereocenters. The number of amides is 1. The van der Waals surface area contributed by atoms with E-state index in [0.717, 1.165) is 36.7 Å². The van der Waals surface area contributed by atoms with Crippen LogP contribution in [-0.2, 0) is 29.9 Å². The van der Waals surface area contributed by atoms with Gasteiger partial charge in [-0.2, -0.15) is 18.2 Å². The van der Waals surface area contributed by atoms with Crippen LogP contribution in [-0.4, -0.2) is 45.8 Å². The quantitative estimate of drug-likeness (QED) is 0.621. The van der Waals surface area contributed by atoms with E-state index in [1.807, 2.05) is 43.2 Å². The van der Waals surface area contributed by atoms with Crippen LogP contribution in [0.4, 0.5) is 13.2 Å². The van der Waals surface area contributed by atoms with E-state index in [-0.39, 0.29) is 23.3 Å². The molecule has 1 N–H and O–H groups in total. The number of aromatic nitrogens is 2. The first kappa shape index (κ1) is 28.0. The lowest BCUT2D eigenvalue weighted by Gasteiger charge is -2.25. The van der Waals surface area contributed by atoms with Gasteiger partial charge in [-0.15, -0.1) is 0 Å². The number of hydrogen-bond donors (Lipinski definition) is 1. The number of benzene rings is 1. The van der Waals surface area contributed by atoms with Crippen molar-refractivity contribution < 1.29 is 32.5 Å². The molecule has 3 rings (SSSR count). The normalized spacial score (nSPS) is 16.4. The van der Waals surface area contributed by atoms with E-state index < -0.39 is 23.2 Å². The Kier molecular flexibility index (Phi) is 8.10. The summed E-state index contributed by atoms with van der Waals surface area (Å²) in [6.45, 7) is 10.9. The number of alkyl halides is 3. The minimum atomic E-state index is -4.64. The summed E-state index contributed by atoms with van der Waals surface area (Å²) in [5.41, 5.74) is -1.48. The molecular weight excluding hydrogens is 475 g/mol. The second-order valence-corrected chi connectivity index (χ2v) is 11.0. The van der Waals surface area contributed by atoms with E-state index >= 15 is 0 Å². The van der Waals surface area contributed by atoms with E-state index in [0.29, 0.717) is 31.2 Å². The first-order chi connectivity index (χ1) is 16.6. The fourth-order valence-corrected chi connectivity index (χ4v) is 4.17. The fraction of sp³-hybridized carbons (Fsp3) is 0.615. The lowest BCUT2D eigenvalue weighted by atomic mass is 9.92. The average molecular weight is 512 g/mol. The Morgan fingerprint density at radius 2 is 1.78 bits per heavy atom. The van der Waals surface area contributed by atoms with Gasteiger partial charge in [0, 0.05) is 44.0 Å². The van der Waals surface area contributed by atoms with Crippen LogP contribution in [0.3, 0.4) is 0 Å². The van der Waals surface area contributed by atoms with Gasteiger partial charge in [-0.25, -0.2) is 0 Å².